The predicted octanol–water partition coefficient (Wildman–Crippen LogP) is 1.89. The van der Waals surface area contributed by atoms with E-state index in [0.717, 1.165) is 4.90 Å². The van der Waals surface area contributed by atoms with Crippen LogP contribution in [0, 0.1) is 11.8 Å². The van der Waals surface area contributed by atoms with Gasteiger partial charge in [0.2, 0.25) is 5.75 Å². The summed E-state index contributed by atoms with van der Waals surface area (Å²) in [4.78, 5) is 68.2. The number of benzene rings is 2. The molecule has 0 radical (unpaired) electrons. The molecule has 0 saturated carbocycles. The number of nitrogens with zero attached hydrogens (tertiary/aromatic N) is 2. The van der Waals surface area contributed by atoms with E-state index in [2.05, 4.69) is 0 Å². The minimum atomic E-state index is -1.84. The SMILES string of the molecule is COCC(=O)N1C=C(c2cc(OC)c(OC)c(OC)c2)N(CC(=O)[C@@H](C(=O)C(=O)O)C(N)c2ccccc2)C(=O)[C@@H]1C(C)C. The zero-order chi connectivity index (χ0) is 32.7. The summed E-state index contributed by atoms with van der Waals surface area (Å²) in [6.07, 6.45) is 1.41. The van der Waals surface area contributed by atoms with Crippen LogP contribution in [-0.4, -0.2) is 91.9 Å². The predicted molar refractivity (Wildman–Crippen MR) is 158 cm³/mol. The molecular weight excluding hydrogens is 574 g/mol. The maximum atomic E-state index is 14.2. The Kier molecular flexibility index (Phi) is 11.2. The van der Waals surface area contributed by atoms with E-state index in [1.54, 1.807) is 44.2 Å². The second-order valence-corrected chi connectivity index (χ2v) is 10.3. The molecule has 0 bridgehead atoms. The maximum Gasteiger partial charge on any atom is 0.373 e. The van der Waals surface area contributed by atoms with Gasteiger partial charge in [-0.2, -0.15) is 0 Å². The Bertz CT molecular complexity index is 1410. The minimum Gasteiger partial charge on any atom is -0.493 e. The summed E-state index contributed by atoms with van der Waals surface area (Å²) in [6.45, 7) is 2.42. The van der Waals surface area contributed by atoms with E-state index in [1.165, 1.54) is 51.7 Å². The summed E-state index contributed by atoms with van der Waals surface area (Å²) in [5.74, 6) is -6.81. The number of hydrogen-bond donors (Lipinski definition) is 2. The highest BCUT2D eigenvalue weighted by molar-refractivity contribution is 6.38. The summed E-state index contributed by atoms with van der Waals surface area (Å²) in [7, 11) is 5.57. The van der Waals surface area contributed by atoms with Crippen LogP contribution < -0.4 is 19.9 Å². The van der Waals surface area contributed by atoms with Crippen molar-refractivity contribution in [3.8, 4) is 17.2 Å². The van der Waals surface area contributed by atoms with E-state index < -0.39 is 59.8 Å². The van der Waals surface area contributed by atoms with Crippen LogP contribution in [0.1, 0.15) is 31.0 Å². The number of carboxylic acid groups (broad SMARTS) is 1. The summed E-state index contributed by atoms with van der Waals surface area (Å²) in [5.41, 5.74) is 7.05. The number of ether oxygens (including phenoxy) is 4. The molecule has 1 unspecified atom stereocenters. The number of Topliss-reactive ketones (excluding diaryl/α,β-unsaturated/α-hetero) is 2. The van der Waals surface area contributed by atoms with Crippen molar-refractivity contribution in [2.45, 2.75) is 25.9 Å². The monoisotopic (exact) mass is 611 g/mol. The van der Waals surface area contributed by atoms with Crippen molar-refractivity contribution in [1.29, 1.82) is 0 Å². The van der Waals surface area contributed by atoms with E-state index in [4.69, 9.17) is 24.7 Å². The van der Waals surface area contributed by atoms with Crippen molar-refractivity contribution < 1.29 is 48.0 Å². The summed E-state index contributed by atoms with van der Waals surface area (Å²) in [5, 5.41) is 9.57. The third-order valence-corrected chi connectivity index (χ3v) is 7.22. The second kappa shape index (κ2) is 14.6. The molecule has 0 aromatic heterocycles. The number of aliphatic carboxylic acids is 1. The normalized spacial score (nSPS) is 16.2. The number of rotatable bonds is 14. The van der Waals surface area contributed by atoms with Gasteiger partial charge in [-0.3, -0.25) is 19.2 Å². The highest BCUT2D eigenvalue weighted by atomic mass is 16.5. The molecule has 2 amide bonds. The Labute approximate surface area is 255 Å². The molecule has 0 aliphatic carbocycles. The molecular formula is C31H37N3O10. The Morgan fingerprint density at radius 2 is 1.55 bits per heavy atom. The van der Waals surface area contributed by atoms with Gasteiger partial charge in [-0.1, -0.05) is 44.2 Å². The van der Waals surface area contributed by atoms with Crippen molar-refractivity contribution in [2.75, 3.05) is 41.6 Å². The van der Waals surface area contributed by atoms with Crippen LogP contribution in [0.15, 0.2) is 48.7 Å². The highest BCUT2D eigenvalue weighted by Crippen LogP contribution is 2.42. The van der Waals surface area contributed by atoms with Gasteiger partial charge in [0, 0.05) is 24.9 Å². The fourth-order valence-corrected chi connectivity index (χ4v) is 5.10. The lowest BCUT2D eigenvalue weighted by Crippen LogP contribution is -2.57. The summed E-state index contributed by atoms with van der Waals surface area (Å²) < 4.78 is 21.4. The molecule has 13 heteroatoms. The first-order valence-corrected chi connectivity index (χ1v) is 13.7. The first-order valence-electron chi connectivity index (χ1n) is 13.7. The Balaban J connectivity index is 2.22. The number of carbonyl (C=O) groups is 5. The number of amides is 2. The molecule has 1 aliphatic rings. The molecule has 0 spiro atoms. The molecule has 2 aromatic carbocycles. The number of nitrogens with two attached hydrogens (primary N) is 1. The smallest absolute Gasteiger partial charge is 0.373 e. The number of methoxy groups -OCH3 is 4. The molecule has 0 fully saturated rings. The minimum absolute atomic E-state index is 0.0822. The van der Waals surface area contributed by atoms with Gasteiger partial charge in [-0.15, -0.1) is 0 Å². The average molecular weight is 612 g/mol. The van der Waals surface area contributed by atoms with Gasteiger partial charge in [0.1, 0.15) is 18.6 Å². The van der Waals surface area contributed by atoms with Crippen molar-refractivity contribution in [3.63, 3.8) is 0 Å². The number of hydrogen-bond acceptors (Lipinski definition) is 10. The lowest BCUT2D eigenvalue weighted by molar-refractivity contribution is -0.154. The molecule has 13 nitrogen and oxygen atoms in total. The molecule has 1 heterocycles. The Morgan fingerprint density at radius 3 is 2.02 bits per heavy atom. The lowest BCUT2D eigenvalue weighted by atomic mass is 9.86. The Morgan fingerprint density at radius 1 is 0.955 bits per heavy atom. The van der Waals surface area contributed by atoms with E-state index in [0.29, 0.717) is 11.1 Å². The third kappa shape index (κ3) is 6.90. The van der Waals surface area contributed by atoms with E-state index in [1.807, 2.05) is 0 Å². The maximum absolute atomic E-state index is 14.2. The quantitative estimate of drug-likeness (QED) is 0.236. The fourth-order valence-electron chi connectivity index (χ4n) is 5.10. The van der Waals surface area contributed by atoms with Crippen molar-refractivity contribution >= 4 is 35.0 Å². The number of ketones is 2. The zero-order valence-corrected chi connectivity index (χ0v) is 25.4. The van der Waals surface area contributed by atoms with Gasteiger partial charge in [-0.25, -0.2) is 4.79 Å². The van der Waals surface area contributed by atoms with Crippen molar-refractivity contribution in [3.05, 3.63) is 59.8 Å². The molecule has 44 heavy (non-hydrogen) atoms. The van der Waals surface area contributed by atoms with Crippen molar-refractivity contribution in [1.82, 2.24) is 9.80 Å². The zero-order valence-electron chi connectivity index (χ0n) is 25.4. The van der Waals surface area contributed by atoms with Gasteiger partial charge >= 0.3 is 5.97 Å². The van der Waals surface area contributed by atoms with Gasteiger partial charge < -0.3 is 39.6 Å². The fraction of sp³-hybridized carbons (Fsp3) is 0.387. The highest BCUT2D eigenvalue weighted by Gasteiger charge is 2.44. The molecule has 3 rings (SSSR count). The summed E-state index contributed by atoms with van der Waals surface area (Å²) in [6, 6.07) is 8.83. The molecule has 1 aliphatic heterocycles. The number of carbonyl (C=O) groups excluding carboxylic acids is 4. The molecule has 2 aromatic rings. The largest absolute Gasteiger partial charge is 0.493 e. The standard InChI is InChI=1S/C31H37N3O10/c1-17(2)27-30(38)33(15-21(35)25(28(37)31(39)40)26(32)18-10-8-7-9-11-18)20(14-34(27)24(36)16-41-3)19-12-22(42-4)29(44-6)23(13-19)43-5/h7-14,17,25-27H,15-16,32H2,1-6H3,(H,39,40)/t25-,26?,27+/m1/s1. The number of carboxylic acids is 1. The van der Waals surface area contributed by atoms with Gasteiger partial charge in [0.15, 0.2) is 17.3 Å². The van der Waals surface area contributed by atoms with Crippen LogP contribution >= 0.6 is 0 Å². The molecule has 0 saturated heterocycles. The first-order chi connectivity index (χ1) is 20.9. The second-order valence-electron chi connectivity index (χ2n) is 10.3. The van der Waals surface area contributed by atoms with E-state index >= 15 is 0 Å². The van der Waals surface area contributed by atoms with E-state index in [-0.39, 0.29) is 29.6 Å². The van der Waals surface area contributed by atoms with Crippen molar-refractivity contribution in [2.24, 2.45) is 17.6 Å². The van der Waals surface area contributed by atoms with Crippen LogP contribution in [-0.2, 0) is 28.7 Å². The average Bonchev–Trinajstić information content (AvgIpc) is 3.01. The van der Waals surface area contributed by atoms with Crippen LogP contribution in [0.4, 0.5) is 0 Å². The van der Waals surface area contributed by atoms with Gasteiger partial charge in [0.05, 0.1) is 33.6 Å². The van der Waals surface area contributed by atoms with Gasteiger partial charge in [-0.05, 0) is 23.6 Å². The molecule has 3 N–H and O–H groups in total. The van der Waals surface area contributed by atoms with Crippen LogP contribution in [0.3, 0.4) is 0 Å². The first kappa shape index (κ1) is 33.7. The molecule has 236 valence electrons. The van der Waals surface area contributed by atoms with Gasteiger partial charge in [0.25, 0.3) is 17.6 Å². The Hall–Kier alpha value is -4.75. The van der Waals surface area contributed by atoms with Crippen LogP contribution in [0.5, 0.6) is 17.2 Å². The topological polar surface area (TPSA) is 175 Å². The van der Waals surface area contributed by atoms with E-state index in [9.17, 15) is 29.1 Å². The van der Waals surface area contributed by atoms with Crippen LogP contribution in [0.25, 0.3) is 5.70 Å². The molecule has 3 atom stereocenters. The summed E-state index contributed by atoms with van der Waals surface area (Å²) >= 11 is 0. The lowest BCUT2D eigenvalue weighted by Gasteiger charge is -2.41. The third-order valence-electron chi connectivity index (χ3n) is 7.22. The van der Waals surface area contributed by atoms with Crippen LogP contribution in [0.2, 0.25) is 0 Å².